The Bertz CT molecular complexity index is 188. The average molecular weight is 232 g/mol. The molecule has 0 amide bonds. The van der Waals surface area contributed by atoms with Crippen LogP contribution in [0.15, 0.2) is 0 Å². The second-order valence-electron chi connectivity index (χ2n) is 3.55. The molecular formula is C11H24N2O3. The van der Waals surface area contributed by atoms with E-state index in [-0.39, 0.29) is 12.0 Å². The second-order valence-corrected chi connectivity index (χ2v) is 3.55. The molecule has 0 aliphatic carbocycles. The molecule has 0 saturated heterocycles. The number of carbonyl (C=O) groups is 1. The summed E-state index contributed by atoms with van der Waals surface area (Å²) in [5, 5.41) is 2.95. The van der Waals surface area contributed by atoms with E-state index in [0.717, 1.165) is 13.2 Å². The van der Waals surface area contributed by atoms with Crippen molar-refractivity contribution in [3.05, 3.63) is 0 Å². The smallest absolute Gasteiger partial charge is 0.324 e. The molecule has 0 aliphatic rings. The molecule has 96 valence electrons. The van der Waals surface area contributed by atoms with E-state index in [1.807, 2.05) is 25.8 Å². The quantitative estimate of drug-likeness (QED) is 0.451. The molecule has 1 atom stereocenters. The number of nitrogens with one attached hydrogen (secondary N) is 1. The predicted molar refractivity (Wildman–Crippen MR) is 63.5 cm³/mol. The fourth-order valence-corrected chi connectivity index (χ4v) is 1.29. The first-order valence-corrected chi connectivity index (χ1v) is 5.75. The Kier molecular flexibility index (Phi) is 9.18. The summed E-state index contributed by atoms with van der Waals surface area (Å²) in [5.41, 5.74) is 0. The molecule has 1 N–H and O–H groups in total. The molecule has 0 heterocycles. The van der Waals surface area contributed by atoms with Gasteiger partial charge in [0.25, 0.3) is 0 Å². The molecule has 0 rings (SSSR count). The Morgan fingerprint density at radius 2 is 2.06 bits per heavy atom. The van der Waals surface area contributed by atoms with E-state index >= 15 is 0 Å². The first-order chi connectivity index (χ1) is 7.65. The molecule has 0 spiro atoms. The molecule has 0 radical (unpaired) electrons. The zero-order valence-electron chi connectivity index (χ0n) is 10.8. The van der Waals surface area contributed by atoms with E-state index in [1.54, 1.807) is 7.05 Å². The van der Waals surface area contributed by atoms with E-state index in [2.05, 4.69) is 5.32 Å². The van der Waals surface area contributed by atoms with Gasteiger partial charge in [-0.15, -0.1) is 0 Å². The summed E-state index contributed by atoms with van der Waals surface area (Å²) in [6.45, 7) is 7.04. The van der Waals surface area contributed by atoms with Crippen LogP contribution in [0.3, 0.4) is 0 Å². The summed E-state index contributed by atoms with van der Waals surface area (Å²) in [4.78, 5) is 13.5. The zero-order chi connectivity index (χ0) is 12.4. The van der Waals surface area contributed by atoms with Gasteiger partial charge in [-0.1, -0.05) is 0 Å². The van der Waals surface area contributed by atoms with Gasteiger partial charge in [0.1, 0.15) is 6.04 Å². The lowest BCUT2D eigenvalue weighted by Gasteiger charge is -2.22. The van der Waals surface area contributed by atoms with Crippen molar-refractivity contribution in [1.29, 1.82) is 0 Å². The number of hydrogen-bond donors (Lipinski definition) is 1. The average Bonchev–Trinajstić information content (AvgIpc) is 2.26. The van der Waals surface area contributed by atoms with Gasteiger partial charge in [-0.3, -0.25) is 4.79 Å². The minimum atomic E-state index is -0.272. The maximum absolute atomic E-state index is 11.5. The fourth-order valence-electron chi connectivity index (χ4n) is 1.29. The van der Waals surface area contributed by atoms with Crippen LogP contribution >= 0.6 is 0 Å². The Balaban J connectivity index is 3.86. The van der Waals surface area contributed by atoms with Crippen LogP contribution < -0.4 is 5.32 Å². The van der Waals surface area contributed by atoms with Crippen LogP contribution in [-0.4, -0.2) is 63.9 Å². The number of carbonyl (C=O) groups excluding carboxylic acids is 1. The van der Waals surface area contributed by atoms with Crippen molar-refractivity contribution in [2.75, 3.05) is 47.0 Å². The number of hydrogen-bond acceptors (Lipinski definition) is 5. The minimum absolute atomic E-state index is 0.201. The Morgan fingerprint density at radius 1 is 1.38 bits per heavy atom. The Morgan fingerprint density at radius 3 is 2.56 bits per heavy atom. The molecule has 1 unspecified atom stereocenters. The highest BCUT2D eigenvalue weighted by molar-refractivity contribution is 5.76. The zero-order valence-corrected chi connectivity index (χ0v) is 10.8. The summed E-state index contributed by atoms with van der Waals surface area (Å²) < 4.78 is 10.2. The van der Waals surface area contributed by atoms with Gasteiger partial charge in [0.05, 0.1) is 13.2 Å². The lowest BCUT2D eigenvalue weighted by Crippen LogP contribution is -2.45. The fraction of sp³-hybridized carbons (Fsp3) is 0.909. The van der Waals surface area contributed by atoms with Crippen molar-refractivity contribution in [1.82, 2.24) is 10.2 Å². The van der Waals surface area contributed by atoms with E-state index in [0.29, 0.717) is 19.8 Å². The summed E-state index contributed by atoms with van der Waals surface area (Å²) in [6, 6.07) is -0.272. The standard InChI is InChI=1S/C11H24N2O3/c1-5-15-8-7-13(4)9-10(12-3)11(14)16-6-2/h10,12H,5-9H2,1-4H3. The van der Waals surface area contributed by atoms with Gasteiger partial charge in [-0.05, 0) is 27.9 Å². The highest BCUT2D eigenvalue weighted by atomic mass is 16.5. The van der Waals surface area contributed by atoms with Gasteiger partial charge >= 0.3 is 5.97 Å². The number of likely N-dealkylation sites (N-methyl/N-ethyl adjacent to an activating group) is 2. The van der Waals surface area contributed by atoms with E-state index in [9.17, 15) is 4.79 Å². The molecule has 0 saturated carbocycles. The summed E-state index contributed by atoms with van der Waals surface area (Å²) in [6.07, 6.45) is 0. The van der Waals surface area contributed by atoms with Gasteiger partial charge in [0.15, 0.2) is 0 Å². The molecular weight excluding hydrogens is 208 g/mol. The van der Waals surface area contributed by atoms with Gasteiger partial charge < -0.3 is 19.7 Å². The van der Waals surface area contributed by atoms with Crippen LogP contribution in [0.1, 0.15) is 13.8 Å². The minimum Gasteiger partial charge on any atom is -0.465 e. The molecule has 0 bridgehead atoms. The topological polar surface area (TPSA) is 50.8 Å². The third-order valence-electron chi connectivity index (χ3n) is 2.24. The van der Waals surface area contributed by atoms with E-state index in [4.69, 9.17) is 9.47 Å². The molecule has 0 aromatic heterocycles. The molecule has 16 heavy (non-hydrogen) atoms. The van der Waals surface area contributed by atoms with Crippen molar-refractivity contribution in [3.8, 4) is 0 Å². The van der Waals surface area contributed by atoms with Gasteiger partial charge in [0.2, 0.25) is 0 Å². The lowest BCUT2D eigenvalue weighted by atomic mass is 10.3. The van der Waals surface area contributed by atoms with Crippen molar-refractivity contribution < 1.29 is 14.3 Å². The number of ether oxygens (including phenoxy) is 2. The third kappa shape index (κ3) is 6.76. The van der Waals surface area contributed by atoms with Crippen LogP contribution in [0, 0.1) is 0 Å². The first kappa shape index (κ1) is 15.3. The molecule has 5 nitrogen and oxygen atoms in total. The molecule has 0 aromatic rings. The van der Waals surface area contributed by atoms with Crippen LogP contribution in [-0.2, 0) is 14.3 Å². The maximum atomic E-state index is 11.5. The summed E-state index contributed by atoms with van der Waals surface area (Å²) >= 11 is 0. The largest absolute Gasteiger partial charge is 0.465 e. The highest BCUT2D eigenvalue weighted by Crippen LogP contribution is 1.93. The van der Waals surface area contributed by atoms with Gasteiger partial charge in [-0.2, -0.15) is 0 Å². The number of rotatable bonds is 9. The van der Waals surface area contributed by atoms with Gasteiger partial charge in [-0.25, -0.2) is 0 Å². The van der Waals surface area contributed by atoms with Crippen LogP contribution in [0.5, 0.6) is 0 Å². The van der Waals surface area contributed by atoms with E-state index < -0.39 is 0 Å². The third-order valence-corrected chi connectivity index (χ3v) is 2.24. The van der Waals surface area contributed by atoms with Crippen LogP contribution in [0.25, 0.3) is 0 Å². The van der Waals surface area contributed by atoms with Crippen molar-refractivity contribution >= 4 is 5.97 Å². The monoisotopic (exact) mass is 232 g/mol. The lowest BCUT2D eigenvalue weighted by molar-refractivity contribution is -0.146. The number of nitrogens with zero attached hydrogens (tertiary/aromatic N) is 1. The summed E-state index contributed by atoms with van der Waals surface area (Å²) in [7, 11) is 3.72. The van der Waals surface area contributed by atoms with E-state index in [1.165, 1.54) is 0 Å². The number of esters is 1. The maximum Gasteiger partial charge on any atom is 0.324 e. The van der Waals surface area contributed by atoms with Crippen molar-refractivity contribution in [2.45, 2.75) is 19.9 Å². The molecule has 0 fully saturated rings. The molecule has 0 aromatic carbocycles. The van der Waals surface area contributed by atoms with Gasteiger partial charge in [0, 0.05) is 19.7 Å². The predicted octanol–water partition coefficient (Wildman–Crippen LogP) is 0.106. The first-order valence-electron chi connectivity index (χ1n) is 5.75. The van der Waals surface area contributed by atoms with Crippen molar-refractivity contribution in [3.63, 3.8) is 0 Å². The molecule has 5 heteroatoms. The van der Waals surface area contributed by atoms with Crippen molar-refractivity contribution in [2.24, 2.45) is 0 Å². The van der Waals surface area contributed by atoms with Crippen LogP contribution in [0.2, 0.25) is 0 Å². The van der Waals surface area contributed by atoms with Crippen LogP contribution in [0.4, 0.5) is 0 Å². The normalized spacial score (nSPS) is 12.8. The Hall–Kier alpha value is -0.650. The highest BCUT2D eigenvalue weighted by Gasteiger charge is 2.19. The molecule has 0 aliphatic heterocycles. The SMILES string of the molecule is CCOCCN(C)CC(NC)C(=O)OCC. The second kappa shape index (κ2) is 9.57. The Labute approximate surface area is 98.1 Å². The summed E-state index contributed by atoms with van der Waals surface area (Å²) in [5.74, 6) is -0.201.